The molecule has 0 saturated carbocycles. The summed E-state index contributed by atoms with van der Waals surface area (Å²) in [4.78, 5) is 13.5. The molecule has 1 aromatic rings. The van der Waals surface area contributed by atoms with Gasteiger partial charge in [0.25, 0.3) is 0 Å². The van der Waals surface area contributed by atoms with E-state index in [9.17, 15) is 9.90 Å². The standard InChI is InChI=1S/C18H22N2O2S/c1-12(7-8-13(2)10-19)9-17(22)20-18-15(11-21)14-5-3-4-6-16(14)23-18/h7-8,21H,3-6,9,11H2,1-2H3,(H,20,22)/b12-7+,13-8+. The maximum absolute atomic E-state index is 12.2. The number of nitrogens with zero attached hydrogens (tertiary/aromatic N) is 1. The summed E-state index contributed by atoms with van der Waals surface area (Å²) in [6, 6.07) is 2.05. The normalized spacial score (nSPS) is 15.0. The Labute approximate surface area is 141 Å². The highest BCUT2D eigenvalue weighted by Crippen LogP contribution is 2.38. The second kappa shape index (κ2) is 8.09. The number of amides is 1. The number of carbonyl (C=O) groups is 1. The van der Waals surface area contributed by atoms with Gasteiger partial charge in [0.15, 0.2) is 0 Å². The van der Waals surface area contributed by atoms with Crippen molar-refractivity contribution in [3.05, 3.63) is 39.3 Å². The van der Waals surface area contributed by atoms with Crippen molar-refractivity contribution in [1.82, 2.24) is 0 Å². The van der Waals surface area contributed by atoms with Crippen LogP contribution in [0.25, 0.3) is 0 Å². The fourth-order valence-corrected chi connectivity index (χ4v) is 4.00. The fourth-order valence-electron chi connectivity index (χ4n) is 2.69. The Bertz CT molecular complexity index is 693. The Hall–Kier alpha value is -1.90. The molecule has 5 heteroatoms. The Morgan fingerprint density at radius 2 is 2.09 bits per heavy atom. The van der Waals surface area contributed by atoms with E-state index in [0.717, 1.165) is 35.4 Å². The first kappa shape index (κ1) is 17.5. The number of allylic oxidation sites excluding steroid dienone is 3. The molecule has 0 aromatic carbocycles. The molecule has 0 atom stereocenters. The van der Waals surface area contributed by atoms with Crippen LogP contribution in [0.3, 0.4) is 0 Å². The van der Waals surface area contributed by atoms with Crippen LogP contribution in [0.1, 0.15) is 49.1 Å². The summed E-state index contributed by atoms with van der Waals surface area (Å²) >= 11 is 1.60. The van der Waals surface area contributed by atoms with Gasteiger partial charge in [-0.2, -0.15) is 5.26 Å². The number of anilines is 1. The molecule has 23 heavy (non-hydrogen) atoms. The molecule has 1 aliphatic rings. The molecular formula is C18H22N2O2S. The predicted molar refractivity (Wildman–Crippen MR) is 93.3 cm³/mol. The summed E-state index contributed by atoms with van der Waals surface area (Å²) in [6.07, 6.45) is 8.16. The van der Waals surface area contributed by atoms with Gasteiger partial charge in [0.2, 0.25) is 5.91 Å². The third-order valence-corrected chi connectivity index (χ3v) is 5.18. The van der Waals surface area contributed by atoms with Gasteiger partial charge in [0.05, 0.1) is 12.7 Å². The first-order valence-electron chi connectivity index (χ1n) is 7.83. The lowest BCUT2D eigenvalue weighted by molar-refractivity contribution is -0.115. The van der Waals surface area contributed by atoms with Crippen LogP contribution in [0.15, 0.2) is 23.3 Å². The molecule has 1 heterocycles. The Balaban J connectivity index is 2.06. The number of carbonyl (C=O) groups excluding carboxylic acids is 1. The highest BCUT2D eigenvalue weighted by molar-refractivity contribution is 7.16. The maximum Gasteiger partial charge on any atom is 0.229 e. The average molecular weight is 330 g/mol. The molecule has 2 rings (SSSR count). The van der Waals surface area contributed by atoms with E-state index in [4.69, 9.17) is 5.26 Å². The molecule has 0 fully saturated rings. The van der Waals surface area contributed by atoms with Gasteiger partial charge in [-0.1, -0.05) is 11.6 Å². The van der Waals surface area contributed by atoms with Crippen LogP contribution >= 0.6 is 11.3 Å². The number of aliphatic hydroxyl groups excluding tert-OH is 1. The van der Waals surface area contributed by atoms with Crippen LogP contribution < -0.4 is 5.32 Å². The number of fused-ring (bicyclic) bond motifs is 1. The smallest absolute Gasteiger partial charge is 0.229 e. The van der Waals surface area contributed by atoms with Crippen molar-refractivity contribution in [3.63, 3.8) is 0 Å². The summed E-state index contributed by atoms with van der Waals surface area (Å²) in [5.41, 5.74) is 3.63. The number of rotatable bonds is 5. The third kappa shape index (κ3) is 4.54. The van der Waals surface area contributed by atoms with Gasteiger partial charge < -0.3 is 10.4 Å². The summed E-state index contributed by atoms with van der Waals surface area (Å²) in [6.45, 7) is 3.57. The summed E-state index contributed by atoms with van der Waals surface area (Å²) in [7, 11) is 0. The van der Waals surface area contributed by atoms with E-state index < -0.39 is 0 Å². The van der Waals surface area contributed by atoms with Crippen molar-refractivity contribution in [2.75, 3.05) is 5.32 Å². The molecule has 0 unspecified atom stereocenters. The lowest BCUT2D eigenvalue weighted by Crippen LogP contribution is -2.12. The number of nitriles is 1. The van der Waals surface area contributed by atoms with Crippen molar-refractivity contribution < 1.29 is 9.90 Å². The lowest BCUT2D eigenvalue weighted by Gasteiger charge is -2.11. The van der Waals surface area contributed by atoms with Crippen LogP contribution in [0, 0.1) is 11.3 Å². The summed E-state index contributed by atoms with van der Waals surface area (Å²) < 4.78 is 0. The second-order valence-corrected chi connectivity index (χ2v) is 6.98. The van der Waals surface area contributed by atoms with E-state index in [-0.39, 0.29) is 18.9 Å². The maximum atomic E-state index is 12.2. The molecule has 0 saturated heterocycles. The largest absolute Gasteiger partial charge is 0.392 e. The quantitative estimate of drug-likeness (QED) is 0.636. The second-order valence-electron chi connectivity index (χ2n) is 5.88. The van der Waals surface area contributed by atoms with E-state index in [1.165, 1.54) is 16.9 Å². The van der Waals surface area contributed by atoms with Crippen molar-refractivity contribution in [2.45, 2.75) is 52.6 Å². The molecule has 0 bridgehead atoms. The molecule has 1 aliphatic carbocycles. The van der Waals surface area contributed by atoms with E-state index in [2.05, 4.69) is 5.32 Å². The molecule has 1 amide bonds. The highest BCUT2D eigenvalue weighted by atomic mass is 32.1. The van der Waals surface area contributed by atoms with Gasteiger partial charge >= 0.3 is 0 Å². The van der Waals surface area contributed by atoms with E-state index in [0.29, 0.717) is 5.57 Å². The van der Waals surface area contributed by atoms with Crippen LogP contribution in [-0.4, -0.2) is 11.0 Å². The first-order valence-corrected chi connectivity index (χ1v) is 8.65. The number of thiophene rings is 1. The molecule has 122 valence electrons. The minimum atomic E-state index is -0.0879. The van der Waals surface area contributed by atoms with E-state index in [1.54, 1.807) is 30.4 Å². The molecule has 4 nitrogen and oxygen atoms in total. The Morgan fingerprint density at radius 3 is 2.78 bits per heavy atom. The van der Waals surface area contributed by atoms with Crippen LogP contribution in [0.4, 0.5) is 5.00 Å². The fraction of sp³-hybridized carbons (Fsp3) is 0.444. The lowest BCUT2D eigenvalue weighted by atomic mass is 9.96. The van der Waals surface area contributed by atoms with E-state index in [1.807, 2.05) is 13.0 Å². The molecule has 0 aliphatic heterocycles. The zero-order valence-electron chi connectivity index (χ0n) is 13.6. The number of hydrogen-bond donors (Lipinski definition) is 2. The molecule has 1 aromatic heterocycles. The van der Waals surface area contributed by atoms with Crippen LogP contribution in [-0.2, 0) is 24.2 Å². The van der Waals surface area contributed by atoms with Gasteiger partial charge in [-0.15, -0.1) is 11.3 Å². The van der Waals surface area contributed by atoms with Crippen molar-refractivity contribution in [3.8, 4) is 6.07 Å². The van der Waals surface area contributed by atoms with Crippen LogP contribution in [0.5, 0.6) is 0 Å². The number of aryl methyl sites for hydroxylation is 1. The zero-order chi connectivity index (χ0) is 16.8. The summed E-state index contributed by atoms with van der Waals surface area (Å²) in [5.74, 6) is -0.0879. The first-order chi connectivity index (χ1) is 11.0. The van der Waals surface area contributed by atoms with Gasteiger partial charge in [0, 0.05) is 22.4 Å². The molecular weight excluding hydrogens is 308 g/mol. The Morgan fingerprint density at radius 1 is 1.35 bits per heavy atom. The SMILES string of the molecule is C/C(C#N)=C\C=C(/C)CC(=O)Nc1sc2c(c1CO)CCCC2. The van der Waals surface area contributed by atoms with E-state index >= 15 is 0 Å². The number of nitrogens with one attached hydrogen (secondary N) is 1. The third-order valence-electron chi connectivity index (χ3n) is 3.93. The average Bonchev–Trinajstić information content (AvgIpc) is 2.89. The monoisotopic (exact) mass is 330 g/mol. The summed E-state index contributed by atoms with van der Waals surface area (Å²) in [5, 5.41) is 22.1. The minimum Gasteiger partial charge on any atom is -0.392 e. The Kier molecular flexibility index (Phi) is 6.14. The molecule has 0 radical (unpaired) electrons. The van der Waals surface area contributed by atoms with Crippen molar-refractivity contribution in [1.29, 1.82) is 5.26 Å². The van der Waals surface area contributed by atoms with Gasteiger partial charge in [-0.3, -0.25) is 4.79 Å². The van der Waals surface area contributed by atoms with Gasteiger partial charge in [0.1, 0.15) is 5.00 Å². The topological polar surface area (TPSA) is 73.1 Å². The molecule has 0 spiro atoms. The molecule has 2 N–H and O–H groups in total. The van der Waals surface area contributed by atoms with Crippen molar-refractivity contribution in [2.24, 2.45) is 0 Å². The highest BCUT2D eigenvalue weighted by Gasteiger charge is 2.21. The predicted octanol–water partition coefficient (Wildman–Crippen LogP) is 3.86. The van der Waals surface area contributed by atoms with Crippen molar-refractivity contribution >= 4 is 22.2 Å². The van der Waals surface area contributed by atoms with Gasteiger partial charge in [-0.25, -0.2) is 0 Å². The van der Waals surface area contributed by atoms with Gasteiger partial charge in [-0.05, 0) is 51.2 Å². The minimum absolute atomic E-state index is 0.0274. The number of aliphatic hydroxyl groups is 1. The van der Waals surface area contributed by atoms with Crippen LogP contribution in [0.2, 0.25) is 0 Å². The zero-order valence-corrected chi connectivity index (χ0v) is 14.4. The number of hydrogen-bond acceptors (Lipinski definition) is 4.